The predicted molar refractivity (Wildman–Crippen MR) is 80.2 cm³/mol. The van der Waals surface area contributed by atoms with Gasteiger partial charge in [-0.05, 0) is 35.9 Å². The van der Waals surface area contributed by atoms with Crippen molar-refractivity contribution in [2.45, 2.75) is 6.42 Å². The lowest BCUT2D eigenvalue weighted by Crippen LogP contribution is -2.03. The van der Waals surface area contributed by atoms with Crippen molar-refractivity contribution in [3.63, 3.8) is 0 Å². The summed E-state index contributed by atoms with van der Waals surface area (Å²) < 4.78 is 19.3. The maximum atomic E-state index is 13.6. The summed E-state index contributed by atoms with van der Waals surface area (Å²) in [7, 11) is 1.28. The Labute approximate surface area is 125 Å². The first-order valence-electron chi connectivity index (χ1n) is 6.38. The molecule has 0 saturated carbocycles. The number of aromatic nitrogens is 1. The molecule has 0 N–H and O–H groups in total. The zero-order chi connectivity index (χ0) is 14.8. The second kappa shape index (κ2) is 5.61. The molecule has 0 radical (unpaired) electrons. The summed E-state index contributed by atoms with van der Waals surface area (Å²) in [5.74, 6) is -0.992. The molecule has 0 bridgehead atoms. The predicted octanol–water partition coefficient (Wildman–Crippen LogP) is 3.81. The fourth-order valence-electron chi connectivity index (χ4n) is 2.16. The average Bonchev–Trinajstić information content (AvgIpc) is 2.87. The van der Waals surface area contributed by atoms with Gasteiger partial charge in [-0.15, -0.1) is 11.3 Å². The zero-order valence-electron chi connectivity index (χ0n) is 11.3. The molecule has 0 aliphatic heterocycles. The summed E-state index contributed by atoms with van der Waals surface area (Å²) >= 11 is 1.57. The summed E-state index contributed by atoms with van der Waals surface area (Å²) in [5, 5.41) is 0.887. The number of ether oxygens (including phenoxy) is 1. The molecular weight excluding hydrogens is 289 g/mol. The fraction of sp³-hybridized carbons (Fsp3) is 0.125. The van der Waals surface area contributed by atoms with Crippen LogP contribution >= 0.6 is 11.3 Å². The molecule has 0 spiro atoms. The standard InChI is InChI=1S/C16H12FNO2S/c1-20-16(19)11-6-10(7-12(17)9-11)8-15-18-13-4-2-3-5-14(13)21-15/h2-7,9H,8H2,1H3. The molecular formula is C16H12FNO2S. The lowest BCUT2D eigenvalue weighted by atomic mass is 10.1. The van der Waals surface area contributed by atoms with Crippen LogP contribution in [0.4, 0.5) is 4.39 Å². The van der Waals surface area contributed by atoms with E-state index in [9.17, 15) is 9.18 Å². The van der Waals surface area contributed by atoms with E-state index >= 15 is 0 Å². The van der Waals surface area contributed by atoms with Crippen LogP contribution in [0.2, 0.25) is 0 Å². The first-order valence-corrected chi connectivity index (χ1v) is 7.19. The first-order chi connectivity index (χ1) is 10.2. The first kappa shape index (κ1) is 13.7. The molecule has 0 aliphatic rings. The Balaban J connectivity index is 1.93. The maximum absolute atomic E-state index is 13.6. The second-order valence-corrected chi connectivity index (χ2v) is 5.71. The number of hydrogen-bond acceptors (Lipinski definition) is 4. The van der Waals surface area contributed by atoms with Gasteiger partial charge in [0.2, 0.25) is 0 Å². The summed E-state index contributed by atoms with van der Waals surface area (Å²) in [6.45, 7) is 0. The van der Waals surface area contributed by atoms with Gasteiger partial charge in [0, 0.05) is 6.42 Å². The number of para-hydroxylation sites is 1. The van der Waals surface area contributed by atoms with Gasteiger partial charge in [0.05, 0.1) is 27.9 Å². The quantitative estimate of drug-likeness (QED) is 0.690. The third-order valence-corrected chi connectivity index (χ3v) is 4.11. The van der Waals surface area contributed by atoms with Gasteiger partial charge in [-0.25, -0.2) is 14.2 Å². The average molecular weight is 301 g/mol. The van der Waals surface area contributed by atoms with Crippen molar-refractivity contribution in [1.82, 2.24) is 4.98 Å². The highest BCUT2D eigenvalue weighted by Crippen LogP contribution is 2.24. The largest absolute Gasteiger partial charge is 0.465 e. The van der Waals surface area contributed by atoms with Crippen molar-refractivity contribution in [2.24, 2.45) is 0 Å². The van der Waals surface area contributed by atoms with Crippen LogP contribution in [0, 0.1) is 5.82 Å². The van der Waals surface area contributed by atoms with Gasteiger partial charge < -0.3 is 4.74 Å². The summed E-state index contributed by atoms with van der Waals surface area (Å²) in [4.78, 5) is 16.0. The zero-order valence-corrected chi connectivity index (χ0v) is 12.1. The molecule has 21 heavy (non-hydrogen) atoms. The van der Waals surface area contributed by atoms with Gasteiger partial charge >= 0.3 is 5.97 Å². The summed E-state index contributed by atoms with van der Waals surface area (Å²) in [6.07, 6.45) is 0.487. The molecule has 3 nitrogen and oxygen atoms in total. The third kappa shape index (κ3) is 2.92. The molecule has 106 valence electrons. The number of halogens is 1. The Morgan fingerprint density at radius 1 is 1.29 bits per heavy atom. The van der Waals surface area contributed by atoms with Crippen molar-refractivity contribution < 1.29 is 13.9 Å². The van der Waals surface area contributed by atoms with Crippen LogP contribution in [0.25, 0.3) is 10.2 Å². The molecule has 5 heteroatoms. The molecule has 0 amide bonds. The topological polar surface area (TPSA) is 39.2 Å². The molecule has 2 aromatic carbocycles. The number of hydrogen-bond donors (Lipinski definition) is 0. The van der Waals surface area contributed by atoms with Crippen molar-refractivity contribution >= 4 is 27.5 Å². The number of carbonyl (C=O) groups excluding carboxylic acids is 1. The van der Waals surface area contributed by atoms with Crippen LogP contribution in [0.1, 0.15) is 20.9 Å². The number of benzene rings is 2. The van der Waals surface area contributed by atoms with Gasteiger partial charge in [-0.2, -0.15) is 0 Å². The summed E-state index contributed by atoms with van der Waals surface area (Å²) in [6, 6.07) is 12.1. The molecule has 3 aromatic rings. The van der Waals surface area contributed by atoms with E-state index in [2.05, 4.69) is 9.72 Å². The Kier molecular flexibility index (Phi) is 3.66. The number of carbonyl (C=O) groups is 1. The van der Waals surface area contributed by atoms with E-state index in [4.69, 9.17) is 0 Å². The Morgan fingerprint density at radius 3 is 2.86 bits per heavy atom. The highest BCUT2D eigenvalue weighted by Gasteiger charge is 2.11. The highest BCUT2D eigenvalue weighted by molar-refractivity contribution is 7.18. The number of nitrogens with zero attached hydrogens (tertiary/aromatic N) is 1. The van der Waals surface area contributed by atoms with Gasteiger partial charge in [-0.3, -0.25) is 0 Å². The minimum atomic E-state index is -0.542. The highest BCUT2D eigenvalue weighted by atomic mass is 32.1. The van der Waals surface area contributed by atoms with Crippen LogP contribution in [0.5, 0.6) is 0 Å². The Hall–Kier alpha value is -2.27. The lowest BCUT2D eigenvalue weighted by Gasteiger charge is -2.03. The molecule has 0 fully saturated rings. The Bertz CT molecular complexity index is 780. The van der Waals surface area contributed by atoms with Gasteiger partial charge in [0.15, 0.2) is 0 Å². The molecule has 0 aliphatic carbocycles. The van der Waals surface area contributed by atoms with E-state index in [1.54, 1.807) is 17.4 Å². The van der Waals surface area contributed by atoms with Gasteiger partial charge in [-0.1, -0.05) is 12.1 Å². The van der Waals surface area contributed by atoms with E-state index in [1.165, 1.54) is 19.2 Å². The van der Waals surface area contributed by atoms with Crippen LogP contribution in [0.3, 0.4) is 0 Å². The van der Waals surface area contributed by atoms with Crippen molar-refractivity contribution in [3.8, 4) is 0 Å². The number of rotatable bonds is 3. The molecule has 1 aromatic heterocycles. The van der Waals surface area contributed by atoms with Crippen LogP contribution < -0.4 is 0 Å². The van der Waals surface area contributed by atoms with Crippen molar-refractivity contribution in [1.29, 1.82) is 0 Å². The number of methoxy groups -OCH3 is 1. The second-order valence-electron chi connectivity index (χ2n) is 4.59. The van der Waals surface area contributed by atoms with E-state index in [-0.39, 0.29) is 5.56 Å². The third-order valence-electron chi connectivity index (χ3n) is 3.07. The summed E-state index contributed by atoms with van der Waals surface area (Å²) in [5.41, 5.74) is 1.85. The number of thiazole rings is 1. The van der Waals surface area contributed by atoms with Crippen molar-refractivity contribution in [3.05, 3.63) is 64.4 Å². The van der Waals surface area contributed by atoms with E-state index in [0.717, 1.165) is 15.2 Å². The molecule has 0 atom stereocenters. The number of esters is 1. The lowest BCUT2D eigenvalue weighted by molar-refractivity contribution is 0.0600. The smallest absolute Gasteiger partial charge is 0.337 e. The Morgan fingerprint density at radius 2 is 2.10 bits per heavy atom. The molecule has 0 unspecified atom stereocenters. The molecule has 0 saturated heterocycles. The van der Waals surface area contributed by atoms with Gasteiger partial charge in [0.1, 0.15) is 5.82 Å². The van der Waals surface area contributed by atoms with Crippen LogP contribution in [-0.4, -0.2) is 18.1 Å². The van der Waals surface area contributed by atoms with E-state index in [1.807, 2.05) is 24.3 Å². The maximum Gasteiger partial charge on any atom is 0.337 e. The van der Waals surface area contributed by atoms with Crippen molar-refractivity contribution in [2.75, 3.05) is 7.11 Å². The molecule has 3 rings (SSSR count). The monoisotopic (exact) mass is 301 g/mol. The SMILES string of the molecule is COC(=O)c1cc(F)cc(Cc2nc3ccccc3s2)c1. The van der Waals surface area contributed by atoms with E-state index in [0.29, 0.717) is 12.0 Å². The van der Waals surface area contributed by atoms with E-state index < -0.39 is 11.8 Å². The van der Waals surface area contributed by atoms with Crippen LogP contribution in [0.15, 0.2) is 42.5 Å². The number of fused-ring (bicyclic) bond motifs is 1. The normalized spacial score (nSPS) is 10.8. The van der Waals surface area contributed by atoms with Crippen LogP contribution in [-0.2, 0) is 11.2 Å². The minimum absolute atomic E-state index is 0.216. The van der Waals surface area contributed by atoms with Gasteiger partial charge in [0.25, 0.3) is 0 Å². The minimum Gasteiger partial charge on any atom is -0.465 e. The molecule has 1 heterocycles. The fourth-order valence-corrected chi connectivity index (χ4v) is 3.16.